The summed E-state index contributed by atoms with van der Waals surface area (Å²) in [6.45, 7) is 7.87. The standard InChI is InChI=1S/C27H36N2O5S/c1-5-34-24(30)19-27(28-35(33)26(2,3)4)15-10-16-29(25(31)32)23(27)18-20-11-9-14-22(17-20)21-12-7-6-8-13-21/h6-9,11-14,17,23,28H,5,10,15-16,18-19H2,1-4H3,(H,31,32). The topological polar surface area (TPSA) is 102 Å². The van der Waals surface area contributed by atoms with Crippen LogP contribution < -0.4 is 4.72 Å². The Bertz CT molecular complexity index is 1010. The molecule has 1 heterocycles. The Morgan fingerprint density at radius 3 is 2.49 bits per heavy atom. The molecule has 190 valence electrons. The first-order valence-electron chi connectivity index (χ1n) is 12.0. The molecule has 1 aliphatic rings. The molecule has 0 radical (unpaired) electrons. The molecule has 3 unspecified atom stereocenters. The number of amides is 1. The van der Waals surface area contributed by atoms with E-state index in [4.69, 9.17) is 4.74 Å². The van der Waals surface area contributed by atoms with Gasteiger partial charge in [-0.05, 0) is 63.6 Å². The van der Waals surface area contributed by atoms with Crippen molar-refractivity contribution in [1.82, 2.24) is 9.62 Å². The van der Waals surface area contributed by atoms with Crippen molar-refractivity contribution in [2.24, 2.45) is 0 Å². The smallest absolute Gasteiger partial charge is 0.407 e. The maximum absolute atomic E-state index is 13.3. The molecule has 0 saturated carbocycles. The molecular weight excluding hydrogens is 464 g/mol. The van der Waals surface area contributed by atoms with Crippen LogP contribution in [-0.2, 0) is 27.3 Å². The number of benzene rings is 2. The minimum Gasteiger partial charge on any atom is -0.598 e. The minimum absolute atomic E-state index is 0.0600. The number of piperidine rings is 1. The molecule has 8 heteroatoms. The molecular formula is C27H36N2O5S. The van der Waals surface area contributed by atoms with Crippen LogP contribution >= 0.6 is 0 Å². The maximum Gasteiger partial charge on any atom is 0.407 e. The van der Waals surface area contributed by atoms with Crippen molar-refractivity contribution in [1.29, 1.82) is 0 Å². The molecule has 0 aliphatic carbocycles. The second-order valence-corrected chi connectivity index (χ2v) is 12.0. The third-order valence-corrected chi connectivity index (χ3v) is 8.07. The van der Waals surface area contributed by atoms with E-state index in [0.717, 1.165) is 16.7 Å². The van der Waals surface area contributed by atoms with E-state index >= 15 is 0 Å². The van der Waals surface area contributed by atoms with Gasteiger partial charge in [0.25, 0.3) is 0 Å². The summed E-state index contributed by atoms with van der Waals surface area (Å²) >= 11 is -1.51. The lowest BCUT2D eigenvalue weighted by Gasteiger charge is -2.49. The number of carbonyl (C=O) groups excluding carboxylic acids is 1. The first kappa shape index (κ1) is 27.0. The Kier molecular flexibility index (Phi) is 8.85. The largest absolute Gasteiger partial charge is 0.598 e. The van der Waals surface area contributed by atoms with Crippen molar-refractivity contribution < 1.29 is 24.0 Å². The Morgan fingerprint density at radius 1 is 1.17 bits per heavy atom. The summed E-state index contributed by atoms with van der Waals surface area (Å²) in [6.07, 6.45) is 0.336. The molecule has 2 aromatic carbocycles. The van der Waals surface area contributed by atoms with Gasteiger partial charge in [-0.15, -0.1) is 4.72 Å². The van der Waals surface area contributed by atoms with Crippen LogP contribution in [0.3, 0.4) is 0 Å². The van der Waals surface area contributed by atoms with Crippen LogP contribution in [0.15, 0.2) is 54.6 Å². The van der Waals surface area contributed by atoms with Gasteiger partial charge in [0.05, 0.1) is 24.6 Å². The predicted molar refractivity (Wildman–Crippen MR) is 138 cm³/mol. The SMILES string of the molecule is CCOC(=O)CC1(N[S+]([O-])C(C)(C)C)CCCN(C(=O)O)C1Cc1cccc(-c2ccccc2)c1. The van der Waals surface area contributed by atoms with Gasteiger partial charge in [-0.2, -0.15) is 0 Å². The summed E-state index contributed by atoms with van der Waals surface area (Å²) < 4.78 is 21.2. The normalized spacial score (nSPS) is 21.4. The lowest BCUT2D eigenvalue weighted by molar-refractivity contribution is -0.146. The van der Waals surface area contributed by atoms with Crippen LogP contribution in [0.4, 0.5) is 4.79 Å². The second-order valence-electron chi connectivity index (χ2n) is 9.99. The number of ether oxygens (including phenoxy) is 1. The zero-order valence-corrected chi connectivity index (χ0v) is 21.8. The fourth-order valence-electron chi connectivity index (χ4n) is 4.62. The molecule has 1 aliphatic heterocycles. The summed E-state index contributed by atoms with van der Waals surface area (Å²) in [7, 11) is 0. The number of rotatable bonds is 8. The summed E-state index contributed by atoms with van der Waals surface area (Å²) in [5, 5.41) is 10.1. The quantitative estimate of drug-likeness (QED) is 0.399. The highest BCUT2D eigenvalue weighted by atomic mass is 32.2. The summed E-state index contributed by atoms with van der Waals surface area (Å²) in [4.78, 5) is 26.5. The van der Waals surface area contributed by atoms with Gasteiger partial charge in [-0.3, -0.25) is 4.79 Å². The van der Waals surface area contributed by atoms with Gasteiger partial charge in [0.1, 0.15) is 4.75 Å². The van der Waals surface area contributed by atoms with E-state index in [0.29, 0.717) is 25.8 Å². The van der Waals surface area contributed by atoms with E-state index in [9.17, 15) is 19.2 Å². The van der Waals surface area contributed by atoms with E-state index in [1.807, 2.05) is 69.3 Å². The first-order valence-corrected chi connectivity index (χ1v) is 13.2. The van der Waals surface area contributed by atoms with Gasteiger partial charge in [0.15, 0.2) is 0 Å². The van der Waals surface area contributed by atoms with Crippen LogP contribution in [0, 0.1) is 0 Å². The zero-order chi connectivity index (χ0) is 25.6. The highest BCUT2D eigenvalue weighted by Crippen LogP contribution is 2.36. The van der Waals surface area contributed by atoms with Crippen LogP contribution in [0.5, 0.6) is 0 Å². The Balaban J connectivity index is 2.03. The number of likely N-dealkylation sites (tertiary alicyclic amines) is 1. The molecule has 2 aromatic rings. The van der Waals surface area contributed by atoms with Crippen molar-refractivity contribution in [2.75, 3.05) is 13.2 Å². The molecule has 7 nitrogen and oxygen atoms in total. The van der Waals surface area contributed by atoms with Crippen LogP contribution in [-0.4, -0.2) is 56.1 Å². The molecule has 35 heavy (non-hydrogen) atoms. The van der Waals surface area contributed by atoms with Crippen LogP contribution in [0.25, 0.3) is 11.1 Å². The maximum atomic E-state index is 13.3. The van der Waals surface area contributed by atoms with E-state index < -0.39 is 39.8 Å². The van der Waals surface area contributed by atoms with Crippen molar-refractivity contribution in [3.8, 4) is 11.1 Å². The van der Waals surface area contributed by atoms with Crippen molar-refractivity contribution in [3.05, 3.63) is 60.2 Å². The average Bonchev–Trinajstić information content (AvgIpc) is 2.80. The van der Waals surface area contributed by atoms with E-state index in [1.165, 1.54) is 4.90 Å². The Morgan fingerprint density at radius 2 is 1.86 bits per heavy atom. The highest BCUT2D eigenvalue weighted by Gasteiger charge is 2.52. The zero-order valence-electron chi connectivity index (χ0n) is 21.0. The minimum atomic E-state index is -1.51. The number of hydrogen-bond acceptors (Lipinski definition) is 5. The summed E-state index contributed by atoms with van der Waals surface area (Å²) in [5.41, 5.74) is 2.02. The van der Waals surface area contributed by atoms with Crippen molar-refractivity contribution in [3.63, 3.8) is 0 Å². The van der Waals surface area contributed by atoms with E-state index in [1.54, 1.807) is 6.92 Å². The number of nitrogens with zero attached hydrogens (tertiary/aromatic N) is 1. The Hall–Kier alpha value is -2.55. The molecule has 1 saturated heterocycles. The second kappa shape index (κ2) is 11.5. The summed E-state index contributed by atoms with van der Waals surface area (Å²) in [5.74, 6) is -0.429. The average molecular weight is 501 g/mol. The molecule has 0 aromatic heterocycles. The summed E-state index contributed by atoms with van der Waals surface area (Å²) in [6, 6.07) is 17.4. The Labute approximate surface area is 211 Å². The molecule has 3 atom stereocenters. The van der Waals surface area contributed by atoms with Crippen molar-refractivity contribution in [2.45, 2.75) is 69.7 Å². The molecule has 1 fully saturated rings. The number of carbonyl (C=O) groups is 2. The van der Waals surface area contributed by atoms with Gasteiger partial charge in [-0.1, -0.05) is 54.6 Å². The predicted octanol–water partition coefficient (Wildman–Crippen LogP) is 4.78. The lowest BCUT2D eigenvalue weighted by Crippen LogP contribution is -2.68. The number of nitrogens with one attached hydrogen (secondary N) is 1. The number of esters is 1. The van der Waals surface area contributed by atoms with Gasteiger partial charge < -0.3 is 19.3 Å². The third-order valence-electron chi connectivity index (χ3n) is 6.36. The van der Waals surface area contributed by atoms with E-state index in [-0.39, 0.29) is 13.0 Å². The first-order chi connectivity index (χ1) is 16.6. The molecule has 1 amide bonds. The molecule has 3 rings (SSSR count). The molecule has 0 bridgehead atoms. The highest BCUT2D eigenvalue weighted by molar-refractivity contribution is 7.90. The lowest BCUT2D eigenvalue weighted by atomic mass is 9.76. The number of hydrogen-bond donors (Lipinski definition) is 2. The number of carboxylic acid groups (broad SMARTS) is 1. The van der Waals surface area contributed by atoms with Crippen molar-refractivity contribution >= 4 is 23.4 Å². The monoisotopic (exact) mass is 500 g/mol. The van der Waals surface area contributed by atoms with Crippen LogP contribution in [0.2, 0.25) is 0 Å². The van der Waals surface area contributed by atoms with Gasteiger partial charge in [0.2, 0.25) is 0 Å². The fourth-order valence-corrected chi connectivity index (χ4v) is 5.61. The van der Waals surface area contributed by atoms with E-state index in [2.05, 4.69) is 10.8 Å². The van der Waals surface area contributed by atoms with Gasteiger partial charge in [-0.25, -0.2) is 4.79 Å². The van der Waals surface area contributed by atoms with Gasteiger partial charge in [0, 0.05) is 17.9 Å². The third kappa shape index (κ3) is 6.78. The molecule has 2 N–H and O–H groups in total. The van der Waals surface area contributed by atoms with Gasteiger partial charge >= 0.3 is 12.1 Å². The fraction of sp³-hybridized carbons (Fsp3) is 0.481. The molecule has 0 spiro atoms. The van der Waals surface area contributed by atoms with Crippen LogP contribution in [0.1, 0.15) is 52.5 Å².